The molecule has 2 aromatic carbocycles. The third-order valence-electron chi connectivity index (χ3n) is 4.52. The number of carbonyl (C=O) groups excluding carboxylic acids is 2. The standard InChI is InChI=1S/C20H21N3O4.ClH/c1-26-18(24)13-6-9-15(10-7-13)27-19(25)16-4-2-3-12-5-8-14(11-17(12)16)23-20(21)22;/h5-11,16H,2-4H2,1H3,(H4,21,22,23);1H. The Kier molecular flexibility index (Phi) is 7.00. The molecule has 1 aliphatic carbocycles. The van der Waals surface area contributed by atoms with Gasteiger partial charge in [0.1, 0.15) is 5.75 Å². The molecule has 0 saturated carbocycles. The van der Waals surface area contributed by atoms with Crippen molar-refractivity contribution in [1.29, 1.82) is 5.41 Å². The molecule has 7 nitrogen and oxygen atoms in total. The maximum absolute atomic E-state index is 12.7. The molecule has 0 amide bonds. The van der Waals surface area contributed by atoms with Crippen molar-refractivity contribution in [1.82, 2.24) is 0 Å². The molecule has 0 saturated heterocycles. The van der Waals surface area contributed by atoms with Gasteiger partial charge in [-0.3, -0.25) is 10.2 Å². The average Bonchev–Trinajstić information content (AvgIpc) is 2.67. The van der Waals surface area contributed by atoms with Gasteiger partial charge in [-0.15, -0.1) is 12.4 Å². The van der Waals surface area contributed by atoms with Crippen molar-refractivity contribution in [3.05, 3.63) is 59.2 Å². The molecule has 0 aliphatic heterocycles. The number of nitrogens with one attached hydrogen (secondary N) is 2. The van der Waals surface area contributed by atoms with Crippen LogP contribution in [0.4, 0.5) is 5.69 Å². The van der Waals surface area contributed by atoms with Gasteiger partial charge in [-0.1, -0.05) is 6.07 Å². The van der Waals surface area contributed by atoms with E-state index in [-0.39, 0.29) is 30.3 Å². The van der Waals surface area contributed by atoms with E-state index >= 15 is 0 Å². The van der Waals surface area contributed by atoms with Gasteiger partial charge in [0.25, 0.3) is 0 Å². The maximum atomic E-state index is 12.7. The number of rotatable bonds is 4. The van der Waals surface area contributed by atoms with Gasteiger partial charge in [0, 0.05) is 5.69 Å². The second kappa shape index (κ2) is 9.23. The minimum Gasteiger partial charge on any atom is -0.465 e. The van der Waals surface area contributed by atoms with Crippen molar-refractivity contribution in [3.8, 4) is 5.75 Å². The molecule has 1 atom stereocenters. The lowest BCUT2D eigenvalue weighted by molar-refractivity contribution is -0.136. The fourth-order valence-corrected chi connectivity index (χ4v) is 3.24. The number of anilines is 1. The molecule has 2 aromatic rings. The van der Waals surface area contributed by atoms with E-state index < -0.39 is 5.97 Å². The maximum Gasteiger partial charge on any atom is 0.337 e. The van der Waals surface area contributed by atoms with Gasteiger partial charge in [-0.05, 0) is 66.8 Å². The Morgan fingerprint density at radius 3 is 2.54 bits per heavy atom. The lowest BCUT2D eigenvalue weighted by atomic mass is 9.82. The van der Waals surface area contributed by atoms with Gasteiger partial charge in [0.2, 0.25) is 0 Å². The van der Waals surface area contributed by atoms with E-state index in [9.17, 15) is 9.59 Å². The number of fused-ring (bicyclic) bond motifs is 1. The average molecular weight is 404 g/mol. The fourth-order valence-electron chi connectivity index (χ4n) is 3.24. The number of esters is 2. The molecule has 28 heavy (non-hydrogen) atoms. The molecule has 8 heteroatoms. The Morgan fingerprint density at radius 2 is 1.89 bits per heavy atom. The molecule has 4 N–H and O–H groups in total. The van der Waals surface area contributed by atoms with Crippen LogP contribution >= 0.6 is 12.4 Å². The summed E-state index contributed by atoms with van der Waals surface area (Å²) < 4.78 is 10.2. The molecule has 0 aromatic heterocycles. The zero-order valence-electron chi connectivity index (χ0n) is 15.4. The van der Waals surface area contributed by atoms with Crippen LogP contribution in [0.15, 0.2) is 42.5 Å². The van der Waals surface area contributed by atoms with Gasteiger partial charge >= 0.3 is 11.9 Å². The third kappa shape index (κ3) is 4.80. The molecule has 0 spiro atoms. The predicted molar refractivity (Wildman–Crippen MR) is 108 cm³/mol. The largest absolute Gasteiger partial charge is 0.465 e. The van der Waals surface area contributed by atoms with Gasteiger partial charge in [0.15, 0.2) is 5.96 Å². The number of guanidine groups is 1. The van der Waals surface area contributed by atoms with Crippen LogP contribution in [0.25, 0.3) is 0 Å². The van der Waals surface area contributed by atoms with E-state index in [4.69, 9.17) is 15.9 Å². The summed E-state index contributed by atoms with van der Waals surface area (Å²) in [6.07, 6.45) is 2.48. The first-order valence-corrected chi connectivity index (χ1v) is 8.62. The van der Waals surface area contributed by atoms with Crippen molar-refractivity contribution in [2.24, 2.45) is 5.73 Å². The minimum absolute atomic E-state index is 0. The summed E-state index contributed by atoms with van der Waals surface area (Å²) in [7, 11) is 1.31. The van der Waals surface area contributed by atoms with Gasteiger partial charge < -0.3 is 20.5 Å². The van der Waals surface area contributed by atoms with Crippen molar-refractivity contribution in [2.75, 3.05) is 12.4 Å². The summed E-state index contributed by atoms with van der Waals surface area (Å²) in [4.78, 5) is 24.2. The lowest BCUT2D eigenvalue weighted by Crippen LogP contribution is -2.24. The van der Waals surface area contributed by atoms with E-state index in [0.717, 1.165) is 24.0 Å². The number of carbonyl (C=O) groups is 2. The van der Waals surface area contributed by atoms with Crippen LogP contribution in [-0.2, 0) is 16.0 Å². The van der Waals surface area contributed by atoms with Crippen LogP contribution in [0.2, 0.25) is 0 Å². The van der Waals surface area contributed by atoms with E-state index in [1.54, 1.807) is 24.3 Å². The van der Waals surface area contributed by atoms with E-state index in [1.165, 1.54) is 7.11 Å². The van der Waals surface area contributed by atoms with E-state index in [2.05, 4.69) is 10.1 Å². The zero-order chi connectivity index (χ0) is 19.4. The number of ether oxygens (including phenoxy) is 2. The second-order valence-corrected chi connectivity index (χ2v) is 6.33. The van der Waals surface area contributed by atoms with Crippen molar-refractivity contribution in [3.63, 3.8) is 0 Å². The number of benzene rings is 2. The SMILES string of the molecule is COC(=O)c1ccc(OC(=O)C2CCCc3ccc(NC(=N)N)cc32)cc1.Cl. The van der Waals surface area contributed by atoms with Crippen LogP contribution in [0.3, 0.4) is 0 Å². The Morgan fingerprint density at radius 1 is 1.18 bits per heavy atom. The Bertz CT molecular complexity index is 884. The Hall–Kier alpha value is -3.06. The highest BCUT2D eigenvalue weighted by molar-refractivity contribution is 5.91. The number of halogens is 1. The van der Waals surface area contributed by atoms with Crippen LogP contribution in [0.1, 0.15) is 40.2 Å². The molecule has 3 rings (SSSR count). The van der Waals surface area contributed by atoms with Crippen LogP contribution in [0, 0.1) is 5.41 Å². The van der Waals surface area contributed by atoms with Crippen LogP contribution in [-0.4, -0.2) is 25.0 Å². The molecule has 148 valence electrons. The van der Waals surface area contributed by atoms with Crippen LogP contribution in [0.5, 0.6) is 5.75 Å². The first kappa shape index (κ1) is 21.2. The molecule has 1 aliphatic rings. The molecular formula is C20H22ClN3O4. The van der Waals surface area contributed by atoms with E-state index in [1.807, 2.05) is 18.2 Å². The topological polar surface area (TPSA) is 114 Å². The summed E-state index contributed by atoms with van der Waals surface area (Å²) in [5, 5.41) is 10.1. The minimum atomic E-state index is -0.445. The zero-order valence-corrected chi connectivity index (χ0v) is 16.2. The third-order valence-corrected chi connectivity index (χ3v) is 4.52. The molecular weight excluding hydrogens is 382 g/mol. The smallest absolute Gasteiger partial charge is 0.337 e. The quantitative estimate of drug-likeness (QED) is 0.312. The van der Waals surface area contributed by atoms with Gasteiger partial charge in [0.05, 0.1) is 18.6 Å². The van der Waals surface area contributed by atoms with Gasteiger partial charge in [-0.25, -0.2) is 4.79 Å². The summed E-state index contributed by atoms with van der Waals surface area (Å²) >= 11 is 0. The number of aryl methyl sites for hydroxylation is 1. The first-order chi connectivity index (χ1) is 13.0. The first-order valence-electron chi connectivity index (χ1n) is 8.62. The highest BCUT2D eigenvalue weighted by atomic mass is 35.5. The lowest BCUT2D eigenvalue weighted by Gasteiger charge is -2.24. The Labute approximate surface area is 169 Å². The summed E-state index contributed by atoms with van der Waals surface area (Å²) in [6.45, 7) is 0. The van der Waals surface area contributed by atoms with Gasteiger partial charge in [-0.2, -0.15) is 0 Å². The second-order valence-electron chi connectivity index (χ2n) is 6.33. The van der Waals surface area contributed by atoms with Crippen molar-refractivity contribution < 1.29 is 19.1 Å². The van der Waals surface area contributed by atoms with Crippen molar-refractivity contribution in [2.45, 2.75) is 25.2 Å². The highest BCUT2D eigenvalue weighted by Gasteiger charge is 2.28. The Balaban J connectivity index is 0.00000280. The monoisotopic (exact) mass is 403 g/mol. The normalized spacial score (nSPS) is 14.8. The highest BCUT2D eigenvalue weighted by Crippen LogP contribution is 2.34. The van der Waals surface area contributed by atoms with E-state index in [0.29, 0.717) is 23.4 Å². The van der Waals surface area contributed by atoms with Crippen molar-refractivity contribution >= 4 is 36.0 Å². The molecule has 0 radical (unpaired) electrons. The summed E-state index contributed by atoms with van der Waals surface area (Å²) in [5.41, 5.74) is 8.44. The van der Waals surface area contributed by atoms with Crippen LogP contribution < -0.4 is 15.8 Å². The molecule has 1 unspecified atom stereocenters. The predicted octanol–water partition coefficient (Wildman–Crippen LogP) is 3.23. The molecule has 0 fully saturated rings. The number of nitrogens with two attached hydrogens (primary N) is 1. The molecule has 0 heterocycles. The number of methoxy groups -OCH3 is 1. The summed E-state index contributed by atoms with van der Waals surface area (Å²) in [6, 6.07) is 11.9. The number of hydrogen-bond donors (Lipinski definition) is 3. The molecule has 0 bridgehead atoms. The fraction of sp³-hybridized carbons (Fsp3) is 0.250. The summed E-state index contributed by atoms with van der Waals surface area (Å²) in [5.74, 6) is -0.961. The number of hydrogen-bond acceptors (Lipinski definition) is 5.